The fourth-order valence-corrected chi connectivity index (χ4v) is 2.12. The predicted octanol–water partition coefficient (Wildman–Crippen LogP) is 3.22. The van der Waals surface area contributed by atoms with Crippen LogP contribution in [0.2, 0.25) is 0 Å². The van der Waals surface area contributed by atoms with Gasteiger partial charge in [-0.3, -0.25) is 4.90 Å². The molecule has 0 aromatic rings. The first-order chi connectivity index (χ1) is 6.11. The van der Waals surface area contributed by atoms with Crippen molar-refractivity contribution in [2.24, 2.45) is 0 Å². The van der Waals surface area contributed by atoms with Gasteiger partial charge in [0.1, 0.15) is 0 Å². The van der Waals surface area contributed by atoms with Crippen LogP contribution < -0.4 is 0 Å². The molecule has 1 fully saturated rings. The Labute approximate surface area is 82.8 Å². The first-order valence-electron chi connectivity index (χ1n) is 5.50. The zero-order chi connectivity index (χ0) is 9.84. The van der Waals surface area contributed by atoms with Crippen LogP contribution in [0.4, 0.5) is 0 Å². The molecule has 0 saturated carbocycles. The summed E-state index contributed by atoms with van der Waals surface area (Å²) in [6.45, 7) is 10.2. The zero-order valence-electron chi connectivity index (χ0n) is 9.51. The van der Waals surface area contributed by atoms with Crippen molar-refractivity contribution < 1.29 is 0 Å². The van der Waals surface area contributed by atoms with Crippen LogP contribution in [-0.2, 0) is 0 Å². The van der Waals surface area contributed by atoms with Crippen molar-refractivity contribution in [3.8, 4) is 0 Å². The molecule has 2 atom stereocenters. The monoisotopic (exact) mass is 181 g/mol. The van der Waals surface area contributed by atoms with E-state index in [4.69, 9.17) is 0 Å². The van der Waals surface area contributed by atoms with E-state index < -0.39 is 0 Å². The molecule has 0 aromatic heterocycles. The Balaban J connectivity index is 2.49. The summed E-state index contributed by atoms with van der Waals surface area (Å²) in [7, 11) is 0. The van der Waals surface area contributed by atoms with Crippen LogP contribution in [0.5, 0.6) is 0 Å². The second kappa shape index (κ2) is 4.80. The summed E-state index contributed by atoms with van der Waals surface area (Å²) in [5, 5.41) is 0. The SMILES string of the molecule is CC(C)=CCN1[C@H](C)CCC[C@@H]1C. The molecule has 13 heavy (non-hydrogen) atoms. The molecule has 1 aliphatic rings. The minimum atomic E-state index is 0.777. The van der Waals surface area contributed by atoms with Gasteiger partial charge in [0.2, 0.25) is 0 Å². The van der Waals surface area contributed by atoms with Gasteiger partial charge < -0.3 is 0 Å². The van der Waals surface area contributed by atoms with Gasteiger partial charge in [-0.15, -0.1) is 0 Å². The first kappa shape index (κ1) is 10.8. The van der Waals surface area contributed by atoms with Gasteiger partial charge in [0.15, 0.2) is 0 Å². The lowest BCUT2D eigenvalue weighted by molar-refractivity contribution is 0.118. The third kappa shape index (κ3) is 3.15. The lowest BCUT2D eigenvalue weighted by Gasteiger charge is -2.38. The topological polar surface area (TPSA) is 3.24 Å². The van der Waals surface area contributed by atoms with Gasteiger partial charge in [0.05, 0.1) is 0 Å². The fraction of sp³-hybridized carbons (Fsp3) is 0.833. The average molecular weight is 181 g/mol. The van der Waals surface area contributed by atoms with Crippen molar-refractivity contribution in [3.05, 3.63) is 11.6 Å². The summed E-state index contributed by atoms with van der Waals surface area (Å²) in [6.07, 6.45) is 6.51. The van der Waals surface area contributed by atoms with Crippen molar-refractivity contribution >= 4 is 0 Å². The Bertz CT molecular complexity index is 170. The highest BCUT2D eigenvalue weighted by atomic mass is 15.2. The van der Waals surface area contributed by atoms with Gasteiger partial charge in [-0.05, 0) is 40.5 Å². The van der Waals surface area contributed by atoms with Crippen LogP contribution in [-0.4, -0.2) is 23.5 Å². The summed E-state index contributed by atoms with van der Waals surface area (Å²) in [4.78, 5) is 2.62. The summed E-state index contributed by atoms with van der Waals surface area (Å²) >= 11 is 0. The van der Waals surface area contributed by atoms with Gasteiger partial charge in [0, 0.05) is 18.6 Å². The summed E-state index contributed by atoms with van der Waals surface area (Å²) < 4.78 is 0. The standard InChI is InChI=1S/C12H23N/c1-10(2)8-9-13-11(3)6-5-7-12(13)4/h8,11-12H,5-7,9H2,1-4H3/t11-,12+. The molecule has 0 aliphatic carbocycles. The molecule has 1 rings (SSSR count). The van der Waals surface area contributed by atoms with E-state index in [9.17, 15) is 0 Å². The van der Waals surface area contributed by atoms with Crippen LogP contribution in [0.15, 0.2) is 11.6 Å². The van der Waals surface area contributed by atoms with Crippen LogP contribution in [0.3, 0.4) is 0 Å². The number of hydrogen-bond donors (Lipinski definition) is 0. The minimum absolute atomic E-state index is 0.777. The van der Waals surface area contributed by atoms with Crippen LogP contribution in [0.1, 0.15) is 47.0 Å². The first-order valence-corrected chi connectivity index (χ1v) is 5.50. The van der Waals surface area contributed by atoms with E-state index in [1.807, 2.05) is 0 Å². The molecule has 76 valence electrons. The zero-order valence-corrected chi connectivity index (χ0v) is 9.51. The second-order valence-corrected chi connectivity index (χ2v) is 4.61. The van der Waals surface area contributed by atoms with E-state index in [-0.39, 0.29) is 0 Å². The van der Waals surface area contributed by atoms with Crippen molar-refractivity contribution in [1.29, 1.82) is 0 Å². The summed E-state index contributed by atoms with van der Waals surface area (Å²) in [5.41, 5.74) is 1.44. The highest BCUT2D eigenvalue weighted by molar-refractivity contribution is 4.97. The molecule has 0 radical (unpaired) electrons. The number of piperidine rings is 1. The Hall–Kier alpha value is -0.300. The fourth-order valence-electron chi connectivity index (χ4n) is 2.12. The second-order valence-electron chi connectivity index (χ2n) is 4.61. The van der Waals surface area contributed by atoms with E-state index in [0.717, 1.165) is 18.6 Å². The highest BCUT2D eigenvalue weighted by Gasteiger charge is 2.22. The number of rotatable bonds is 2. The molecule has 0 unspecified atom stereocenters. The molecule has 0 N–H and O–H groups in total. The van der Waals surface area contributed by atoms with E-state index in [0.29, 0.717) is 0 Å². The van der Waals surface area contributed by atoms with Crippen LogP contribution in [0.25, 0.3) is 0 Å². The third-order valence-electron chi connectivity index (χ3n) is 3.09. The Kier molecular flexibility index (Phi) is 3.98. The molecule has 1 heteroatoms. The molecule has 0 bridgehead atoms. The molecule has 1 saturated heterocycles. The molecule has 0 spiro atoms. The molecular formula is C12H23N. The molecule has 0 amide bonds. The quantitative estimate of drug-likeness (QED) is 0.591. The maximum Gasteiger partial charge on any atom is 0.0171 e. The van der Waals surface area contributed by atoms with E-state index >= 15 is 0 Å². The highest BCUT2D eigenvalue weighted by Crippen LogP contribution is 2.22. The summed E-state index contributed by atoms with van der Waals surface area (Å²) in [5.74, 6) is 0. The largest absolute Gasteiger partial charge is 0.294 e. The number of likely N-dealkylation sites (tertiary alicyclic amines) is 1. The Morgan fingerprint density at radius 1 is 1.23 bits per heavy atom. The van der Waals surface area contributed by atoms with Gasteiger partial charge >= 0.3 is 0 Å². The van der Waals surface area contributed by atoms with E-state index in [2.05, 4.69) is 38.7 Å². The molecule has 0 aromatic carbocycles. The van der Waals surface area contributed by atoms with E-state index in [1.54, 1.807) is 0 Å². The third-order valence-corrected chi connectivity index (χ3v) is 3.09. The van der Waals surface area contributed by atoms with Gasteiger partial charge in [-0.1, -0.05) is 18.1 Å². The smallest absolute Gasteiger partial charge is 0.0171 e. The van der Waals surface area contributed by atoms with Gasteiger partial charge in [0.25, 0.3) is 0 Å². The number of nitrogens with zero attached hydrogens (tertiary/aromatic N) is 1. The number of hydrogen-bond acceptors (Lipinski definition) is 1. The Morgan fingerprint density at radius 3 is 2.23 bits per heavy atom. The van der Waals surface area contributed by atoms with Crippen molar-refractivity contribution in [1.82, 2.24) is 4.90 Å². The lowest BCUT2D eigenvalue weighted by Crippen LogP contribution is -2.43. The van der Waals surface area contributed by atoms with Gasteiger partial charge in [-0.2, -0.15) is 0 Å². The maximum absolute atomic E-state index is 2.62. The van der Waals surface area contributed by atoms with Crippen molar-refractivity contribution in [2.75, 3.05) is 6.54 Å². The van der Waals surface area contributed by atoms with Crippen LogP contribution in [0, 0.1) is 0 Å². The predicted molar refractivity (Wildman–Crippen MR) is 58.9 cm³/mol. The van der Waals surface area contributed by atoms with E-state index in [1.165, 1.54) is 24.8 Å². The Morgan fingerprint density at radius 2 is 1.77 bits per heavy atom. The van der Waals surface area contributed by atoms with Gasteiger partial charge in [-0.25, -0.2) is 0 Å². The average Bonchev–Trinajstić information content (AvgIpc) is 2.03. The van der Waals surface area contributed by atoms with Crippen molar-refractivity contribution in [2.45, 2.75) is 59.0 Å². The summed E-state index contributed by atoms with van der Waals surface area (Å²) in [6, 6.07) is 1.55. The van der Waals surface area contributed by atoms with Crippen molar-refractivity contribution in [3.63, 3.8) is 0 Å². The molecule has 1 nitrogen and oxygen atoms in total. The normalized spacial score (nSPS) is 30.2. The minimum Gasteiger partial charge on any atom is -0.294 e. The molecule has 1 aliphatic heterocycles. The van der Waals surface area contributed by atoms with Crippen LogP contribution >= 0.6 is 0 Å². The maximum atomic E-state index is 2.62. The number of allylic oxidation sites excluding steroid dienone is 1. The lowest BCUT2D eigenvalue weighted by atomic mass is 9.97. The molecular weight excluding hydrogens is 158 g/mol. The molecule has 1 heterocycles.